The van der Waals surface area contributed by atoms with Crippen molar-refractivity contribution in [3.05, 3.63) is 23.8 Å². The Morgan fingerprint density at radius 2 is 1.92 bits per heavy atom. The highest BCUT2D eigenvalue weighted by Gasteiger charge is 2.48. The van der Waals surface area contributed by atoms with E-state index in [-0.39, 0.29) is 24.3 Å². The number of carbonyl (C=O) groups is 1. The number of alkyl halides is 3. The molecule has 0 saturated carbocycles. The lowest BCUT2D eigenvalue weighted by atomic mass is 9.95. The molecule has 1 aromatic rings. The van der Waals surface area contributed by atoms with Crippen LogP contribution in [-0.2, 0) is 14.6 Å². The molecule has 26 heavy (non-hydrogen) atoms. The Bertz CT molecular complexity index is 772. The fourth-order valence-corrected chi connectivity index (χ4v) is 4.23. The molecule has 0 aliphatic carbocycles. The topological polar surface area (TPSA) is 84.5 Å². The highest BCUT2D eigenvalue weighted by molar-refractivity contribution is 7.92. The van der Waals surface area contributed by atoms with Gasteiger partial charge >= 0.3 is 6.18 Å². The number of nitrogens with one attached hydrogen (secondary N) is 2. The number of carbonyl (C=O) groups excluding carboxylic acids is 1. The van der Waals surface area contributed by atoms with Crippen molar-refractivity contribution in [1.82, 2.24) is 5.32 Å². The van der Waals surface area contributed by atoms with Gasteiger partial charge in [0.05, 0.1) is 0 Å². The van der Waals surface area contributed by atoms with E-state index in [0.29, 0.717) is 18.7 Å². The van der Waals surface area contributed by atoms with Crippen molar-refractivity contribution in [2.75, 3.05) is 31.3 Å². The van der Waals surface area contributed by atoms with Crippen LogP contribution in [-0.4, -0.2) is 51.2 Å². The first-order valence-electron chi connectivity index (χ1n) is 7.97. The highest BCUT2D eigenvalue weighted by atomic mass is 32.2. The lowest BCUT2D eigenvalue weighted by Gasteiger charge is -2.34. The number of halogens is 3. The van der Waals surface area contributed by atoms with E-state index < -0.39 is 33.3 Å². The molecule has 1 fully saturated rings. The Labute approximate surface area is 150 Å². The van der Waals surface area contributed by atoms with Crippen molar-refractivity contribution in [3.63, 3.8) is 0 Å². The molecule has 1 aromatic carbocycles. The second kappa shape index (κ2) is 7.43. The van der Waals surface area contributed by atoms with Crippen LogP contribution < -0.4 is 15.4 Å². The van der Waals surface area contributed by atoms with Crippen LogP contribution in [0, 0.1) is 6.92 Å². The van der Waals surface area contributed by atoms with Crippen LogP contribution in [0.15, 0.2) is 18.2 Å². The first-order valence-corrected chi connectivity index (χ1v) is 9.86. The summed E-state index contributed by atoms with van der Waals surface area (Å²) in [4.78, 5) is 12.8. The fraction of sp³-hybridized carbons (Fsp3) is 0.562. The number of piperidine rings is 1. The van der Waals surface area contributed by atoms with Gasteiger partial charge in [-0.3, -0.25) is 4.79 Å². The highest BCUT2D eigenvalue weighted by Crippen LogP contribution is 2.32. The smallest absolute Gasteiger partial charge is 0.422 e. The summed E-state index contributed by atoms with van der Waals surface area (Å²) in [6.45, 7) is 0.809. The monoisotopic (exact) mass is 394 g/mol. The van der Waals surface area contributed by atoms with Gasteiger partial charge in [-0.05, 0) is 45.0 Å². The molecular formula is C16H21F3N2O4S. The summed E-state index contributed by atoms with van der Waals surface area (Å²) in [5.41, 5.74) is 0.513. The number of benzene rings is 1. The van der Waals surface area contributed by atoms with Crippen molar-refractivity contribution in [2.24, 2.45) is 0 Å². The van der Waals surface area contributed by atoms with Gasteiger partial charge in [0, 0.05) is 17.5 Å². The van der Waals surface area contributed by atoms with E-state index in [9.17, 15) is 26.4 Å². The van der Waals surface area contributed by atoms with Crippen LogP contribution in [0.25, 0.3) is 0 Å². The predicted molar refractivity (Wildman–Crippen MR) is 91.0 cm³/mol. The van der Waals surface area contributed by atoms with Crippen LogP contribution in [0.3, 0.4) is 0 Å². The van der Waals surface area contributed by atoms with Gasteiger partial charge in [-0.2, -0.15) is 13.2 Å². The molecule has 2 rings (SSSR count). The first kappa shape index (κ1) is 20.5. The SMILES string of the molecule is Cc1c(NC(=O)C2(S(C)(=O)=O)CCNCC2)cccc1OCC(F)(F)F. The van der Waals surface area contributed by atoms with Crippen LogP contribution in [0.1, 0.15) is 18.4 Å². The maximum absolute atomic E-state index is 12.8. The van der Waals surface area contributed by atoms with Crippen LogP contribution in [0.4, 0.5) is 18.9 Å². The maximum atomic E-state index is 12.8. The standard InChI is InChI=1S/C16H21F3N2O4S/c1-11-12(4-3-5-13(11)25-10-16(17,18)19)21-14(22)15(26(2,23)24)6-8-20-9-7-15/h3-5,20H,6-10H2,1-2H3,(H,21,22). The fourth-order valence-electron chi connectivity index (χ4n) is 2.90. The molecule has 0 radical (unpaired) electrons. The largest absolute Gasteiger partial charge is 0.484 e. The Morgan fingerprint density at radius 1 is 1.31 bits per heavy atom. The van der Waals surface area contributed by atoms with Gasteiger partial charge in [-0.25, -0.2) is 8.42 Å². The molecule has 1 heterocycles. The molecule has 0 atom stereocenters. The second-order valence-electron chi connectivity index (χ2n) is 6.30. The minimum Gasteiger partial charge on any atom is -0.484 e. The molecule has 6 nitrogen and oxygen atoms in total. The first-order chi connectivity index (χ1) is 12.0. The van der Waals surface area contributed by atoms with Gasteiger partial charge in [0.1, 0.15) is 5.75 Å². The van der Waals surface area contributed by atoms with Crippen molar-refractivity contribution in [1.29, 1.82) is 0 Å². The van der Waals surface area contributed by atoms with Crippen molar-refractivity contribution in [2.45, 2.75) is 30.7 Å². The Kier molecular flexibility index (Phi) is 5.86. The molecule has 146 valence electrons. The van der Waals surface area contributed by atoms with Gasteiger partial charge in [-0.15, -0.1) is 0 Å². The van der Waals surface area contributed by atoms with E-state index in [1.54, 1.807) is 0 Å². The lowest BCUT2D eigenvalue weighted by molar-refractivity contribution is -0.153. The van der Waals surface area contributed by atoms with Crippen molar-refractivity contribution >= 4 is 21.4 Å². The minimum absolute atomic E-state index is 0.0289. The van der Waals surface area contributed by atoms with Gasteiger partial charge in [-0.1, -0.05) is 6.07 Å². The zero-order valence-electron chi connectivity index (χ0n) is 14.4. The molecule has 1 saturated heterocycles. The summed E-state index contributed by atoms with van der Waals surface area (Å²) in [7, 11) is -3.69. The minimum atomic E-state index is -4.48. The molecule has 0 aromatic heterocycles. The molecule has 2 N–H and O–H groups in total. The molecule has 1 aliphatic heterocycles. The normalized spacial score (nSPS) is 17.6. The number of amides is 1. The zero-order valence-corrected chi connectivity index (χ0v) is 15.3. The molecule has 0 bridgehead atoms. The van der Waals surface area contributed by atoms with Crippen molar-refractivity contribution in [3.8, 4) is 5.75 Å². The quantitative estimate of drug-likeness (QED) is 0.799. The number of rotatable bonds is 5. The second-order valence-corrected chi connectivity index (χ2v) is 8.63. The summed E-state index contributed by atoms with van der Waals surface area (Å²) in [5, 5.41) is 5.57. The van der Waals surface area contributed by atoms with E-state index >= 15 is 0 Å². The third-order valence-corrected chi connectivity index (χ3v) is 6.47. The molecule has 10 heteroatoms. The third-order valence-electron chi connectivity index (χ3n) is 4.46. The van der Waals surface area contributed by atoms with Crippen LogP contribution in [0.2, 0.25) is 0 Å². The summed E-state index contributed by atoms with van der Waals surface area (Å²) in [6.07, 6.45) is -3.21. The summed E-state index contributed by atoms with van der Waals surface area (Å²) >= 11 is 0. The van der Waals surface area contributed by atoms with Gasteiger partial charge in [0.25, 0.3) is 0 Å². The van der Waals surface area contributed by atoms with E-state index in [1.807, 2.05) is 0 Å². The molecule has 1 aliphatic rings. The number of anilines is 1. The Morgan fingerprint density at radius 3 is 2.46 bits per heavy atom. The third kappa shape index (κ3) is 4.47. The molecule has 1 amide bonds. The lowest BCUT2D eigenvalue weighted by Crippen LogP contribution is -2.55. The van der Waals surface area contributed by atoms with Gasteiger partial charge < -0.3 is 15.4 Å². The molecular weight excluding hydrogens is 373 g/mol. The average molecular weight is 394 g/mol. The molecule has 0 spiro atoms. The zero-order chi connectivity index (χ0) is 19.6. The molecule has 0 unspecified atom stereocenters. The average Bonchev–Trinajstić information content (AvgIpc) is 2.54. The van der Waals surface area contributed by atoms with Crippen LogP contribution in [0.5, 0.6) is 5.75 Å². The van der Waals surface area contributed by atoms with Crippen LogP contribution >= 0.6 is 0 Å². The number of ether oxygens (including phenoxy) is 1. The maximum Gasteiger partial charge on any atom is 0.422 e. The predicted octanol–water partition coefficient (Wildman–Crippen LogP) is 2.04. The van der Waals surface area contributed by atoms with E-state index in [0.717, 1.165) is 6.26 Å². The van der Waals surface area contributed by atoms with Crippen molar-refractivity contribution < 1.29 is 31.1 Å². The Balaban J connectivity index is 2.25. The van der Waals surface area contributed by atoms with E-state index in [2.05, 4.69) is 10.6 Å². The number of hydrogen-bond acceptors (Lipinski definition) is 5. The number of hydrogen-bond donors (Lipinski definition) is 2. The summed E-state index contributed by atoms with van der Waals surface area (Å²) in [5.74, 6) is -0.712. The van der Waals surface area contributed by atoms with E-state index in [4.69, 9.17) is 4.74 Å². The van der Waals surface area contributed by atoms with E-state index in [1.165, 1.54) is 25.1 Å². The van der Waals surface area contributed by atoms with Gasteiger partial charge in [0.15, 0.2) is 21.2 Å². The summed E-state index contributed by atoms with van der Waals surface area (Å²) < 4.78 is 64.7. The van der Waals surface area contributed by atoms with Gasteiger partial charge in [0.2, 0.25) is 5.91 Å². The number of sulfone groups is 1. The summed E-state index contributed by atoms with van der Waals surface area (Å²) in [6, 6.07) is 4.28. The Hall–Kier alpha value is -1.81.